The molecule has 0 aliphatic carbocycles. The van der Waals surface area contributed by atoms with Gasteiger partial charge in [0.25, 0.3) is 0 Å². The highest BCUT2D eigenvalue weighted by molar-refractivity contribution is 9.11. The number of halogens is 2. The molecule has 0 aliphatic rings. The molecule has 1 atom stereocenters. The molecule has 0 aromatic carbocycles. The smallest absolute Gasteiger partial charge is 0.0972 e. The first kappa shape index (κ1) is 13.1. The van der Waals surface area contributed by atoms with Crippen LogP contribution in [0.4, 0.5) is 0 Å². The molecule has 1 unspecified atom stereocenters. The summed E-state index contributed by atoms with van der Waals surface area (Å²) in [6, 6.07) is 1.88. The standard InChI is InChI=1S/C10H13Br2NO2/c1-15-4-2-3-9(14)10-8(12)5-7(11)6-13-10/h5-6,9,14H,2-4H2,1H3. The summed E-state index contributed by atoms with van der Waals surface area (Å²) < 4.78 is 6.64. The number of aliphatic hydroxyl groups excluding tert-OH is 1. The molecule has 0 radical (unpaired) electrons. The maximum atomic E-state index is 9.86. The van der Waals surface area contributed by atoms with Gasteiger partial charge in [0.2, 0.25) is 0 Å². The van der Waals surface area contributed by atoms with E-state index in [9.17, 15) is 5.11 Å². The molecule has 1 aromatic rings. The van der Waals surface area contributed by atoms with Crippen molar-refractivity contribution < 1.29 is 9.84 Å². The summed E-state index contributed by atoms with van der Waals surface area (Å²) in [4.78, 5) is 4.17. The van der Waals surface area contributed by atoms with Crippen molar-refractivity contribution in [2.75, 3.05) is 13.7 Å². The van der Waals surface area contributed by atoms with Gasteiger partial charge in [0.05, 0.1) is 11.8 Å². The lowest BCUT2D eigenvalue weighted by Crippen LogP contribution is -2.03. The van der Waals surface area contributed by atoms with Crippen molar-refractivity contribution in [3.05, 3.63) is 26.9 Å². The van der Waals surface area contributed by atoms with Crippen LogP contribution in [-0.2, 0) is 4.74 Å². The van der Waals surface area contributed by atoms with Gasteiger partial charge in [-0.1, -0.05) is 0 Å². The number of nitrogens with zero attached hydrogens (tertiary/aromatic N) is 1. The van der Waals surface area contributed by atoms with E-state index in [2.05, 4.69) is 36.8 Å². The van der Waals surface area contributed by atoms with Gasteiger partial charge in [-0.3, -0.25) is 4.98 Å². The highest BCUT2D eigenvalue weighted by Crippen LogP contribution is 2.26. The van der Waals surface area contributed by atoms with Crippen LogP contribution >= 0.6 is 31.9 Å². The van der Waals surface area contributed by atoms with Crippen molar-refractivity contribution in [3.8, 4) is 0 Å². The Hall–Kier alpha value is 0.0300. The van der Waals surface area contributed by atoms with E-state index in [4.69, 9.17) is 4.74 Å². The highest BCUT2D eigenvalue weighted by Gasteiger charge is 2.12. The molecule has 1 rings (SSSR count). The molecule has 1 heterocycles. The summed E-state index contributed by atoms with van der Waals surface area (Å²) in [6.45, 7) is 0.658. The summed E-state index contributed by atoms with van der Waals surface area (Å²) in [5, 5.41) is 9.86. The van der Waals surface area contributed by atoms with Crippen molar-refractivity contribution in [3.63, 3.8) is 0 Å². The Bertz CT molecular complexity index is 320. The van der Waals surface area contributed by atoms with E-state index in [1.54, 1.807) is 13.3 Å². The Balaban J connectivity index is 2.61. The van der Waals surface area contributed by atoms with Crippen LogP contribution in [0, 0.1) is 0 Å². The zero-order chi connectivity index (χ0) is 11.3. The molecule has 0 saturated carbocycles. The van der Waals surface area contributed by atoms with Gasteiger partial charge in [-0.05, 0) is 50.8 Å². The first-order valence-electron chi connectivity index (χ1n) is 4.63. The Morgan fingerprint density at radius 3 is 2.87 bits per heavy atom. The Labute approximate surface area is 106 Å². The van der Waals surface area contributed by atoms with Gasteiger partial charge in [-0.25, -0.2) is 0 Å². The number of pyridine rings is 1. The minimum absolute atomic E-state index is 0.539. The average molecular weight is 339 g/mol. The maximum Gasteiger partial charge on any atom is 0.0972 e. The van der Waals surface area contributed by atoms with Crippen molar-refractivity contribution in [1.29, 1.82) is 0 Å². The van der Waals surface area contributed by atoms with Gasteiger partial charge >= 0.3 is 0 Å². The zero-order valence-corrected chi connectivity index (χ0v) is 11.6. The molecule has 1 aromatic heterocycles. The second-order valence-corrected chi connectivity index (χ2v) is 4.94. The van der Waals surface area contributed by atoms with Gasteiger partial charge in [0, 0.05) is 28.9 Å². The molecule has 84 valence electrons. The van der Waals surface area contributed by atoms with Gasteiger partial charge in [0.1, 0.15) is 0 Å². The number of ether oxygens (including phenoxy) is 1. The first-order chi connectivity index (χ1) is 7.15. The van der Waals surface area contributed by atoms with Gasteiger partial charge < -0.3 is 9.84 Å². The first-order valence-corrected chi connectivity index (χ1v) is 6.21. The molecule has 15 heavy (non-hydrogen) atoms. The monoisotopic (exact) mass is 337 g/mol. The fourth-order valence-corrected chi connectivity index (χ4v) is 2.48. The summed E-state index contributed by atoms with van der Waals surface area (Å²) >= 11 is 6.69. The topological polar surface area (TPSA) is 42.4 Å². The van der Waals surface area contributed by atoms with E-state index in [0.717, 1.165) is 15.4 Å². The number of hydrogen-bond donors (Lipinski definition) is 1. The Kier molecular flexibility index (Phi) is 5.74. The van der Waals surface area contributed by atoms with E-state index in [1.807, 2.05) is 6.07 Å². The molecule has 1 N–H and O–H groups in total. The van der Waals surface area contributed by atoms with Crippen molar-refractivity contribution in [2.24, 2.45) is 0 Å². The molecule has 0 fully saturated rings. The third-order valence-electron chi connectivity index (χ3n) is 1.98. The van der Waals surface area contributed by atoms with Crippen LogP contribution in [0.5, 0.6) is 0 Å². The number of aliphatic hydroxyl groups is 1. The van der Waals surface area contributed by atoms with E-state index in [1.165, 1.54) is 0 Å². The van der Waals surface area contributed by atoms with Gasteiger partial charge in [-0.15, -0.1) is 0 Å². The molecular formula is C10H13Br2NO2. The Morgan fingerprint density at radius 2 is 2.27 bits per heavy atom. The summed E-state index contributed by atoms with van der Waals surface area (Å²) in [5.41, 5.74) is 0.675. The van der Waals surface area contributed by atoms with Crippen LogP contribution in [0.2, 0.25) is 0 Å². The Morgan fingerprint density at radius 1 is 1.53 bits per heavy atom. The fourth-order valence-electron chi connectivity index (χ4n) is 1.23. The third-order valence-corrected chi connectivity index (χ3v) is 3.05. The van der Waals surface area contributed by atoms with Crippen molar-refractivity contribution in [1.82, 2.24) is 4.98 Å². The van der Waals surface area contributed by atoms with Crippen LogP contribution in [0.3, 0.4) is 0 Å². The predicted molar refractivity (Wildman–Crippen MR) is 65.7 cm³/mol. The molecule has 0 bridgehead atoms. The van der Waals surface area contributed by atoms with Crippen LogP contribution in [0.15, 0.2) is 21.2 Å². The van der Waals surface area contributed by atoms with Crippen LogP contribution < -0.4 is 0 Å². The largest absolute Gasteiger partial charge is 0.387 e. The second-order valence-electron chi connectivity index (χ2n) is 3.17. The van der Waals surface area contributed by atoms with Crippen LogP contribution in [0.1, 0.15) is 24.6 Å². The summed E-state index contributed by atoms with van der Waals surface area (Å²) in [5.74, 6) is 0. The van der Waals surface area contributed by atoms with Crippen LogP contribution in [0.25, 0.3) is 0 Å². The minimum atomic E-state index is -0.539. The highest BCUT2D eigenvalue weighted by atomic mass is 79.9. The van der Waals surface area contributed by atoms with Crippen molar-refractivity contribution >= 4 is 31.9 Å². The molecule has 0 amide bonds. The van der Waals surface area contributed by atoms with E-state index in [0.29, 0.717) is 18.7 Å². The van der Waals surface area contributed by atoms with Gasteiger partial charge in [-0.2, -0.15) is 0 Å². The van der Waals surface area contributed by atoms with E-state index < -0.39 is 6.10 Å². The predicted octanol–water partition coefficient (Wildman–Crippen LogP) is 3.07. The second kappa shape index (κ2) is 6.58. The molecular weight excluding hydrogens is 326 g/mol. The molecule has 0 saturated heterocycles. The number of rotatable bonds is 5. The number of aromatic nitrogens is 1. The van der Waals surface area contributed by atoms with Crippen LogP contribution in [-0.4, -0.2) is 23.8 Å². The zero-order valence-electron chi connectivity index (χ0n) is 8.41. The number of hydrogen-bond acceptors (Lipinski definition) is 3. The molecule has 0 spiro atoms. The molecule has 3 nitrogen and oxygen atoms in total. The lowest BCUT2D eigenvalue weighted by Gasteiger charge is -2.11. The average Bonchev–Trinajstić information content (AvgIpc) is 2.17. The lowest BCUT2D eigenvalue weighted by atomic mass is 10.1. The molecule has 5 heteroatoms. The third kappa shape index (κ3) is 4.18. The summed E-state index contributed by atoms with van der Waals surface area (Å²) in [7, 11) is 1.65. The van der Waals surface area contributed by atoms with Gasteiger partial charge in [0.15, 0.2) is 0 Å². The number of methoxy groups -OCH3 is 1. The maximum absolute atomic E-state index is 9.86. The normalized spacial score (nSPS) is 12.8. The quantitative estimate of drug-likeness (QED) is 0.839. The van der Waals surface area contributed by atoms with E-state index in [-0.39, 0.29) is 0 Å². The SMILES string of the molecule is COCCCC(O)c1ncc(Br)cc1Br. The minimum Gasteiger partial charge on any atom is -0.387 e. The lowest BCUT2D eigenvalue weighted by molar-refractivity contribution is 0.132. The fraction of sp³-hybridized carbons (Fsp3) is 0.500. The van der Waals surface area contributed by atoms with E-state index >= 15 is 0 Å². The molecule has 0 aliphatic heterocycles. The van der Waals surface area contributed by atoms with Crippen molar-refractivity contribution in [2.45, 2.75) is 18.9 Å². The summed E-state index contributed by atoms with van der Waals surface area (Å²) in [6.07, 6.45) is 2.62.